The van der Waals surface area contributed by atoms with Gasteiger partial charge < -0.3 is 30.6 Å². The summed E-state index contributed by atoms with van der Waals surface area (Å²) in [6.07, 6.45) is -3.44. The zero-order valence-electron chi connectivity index (χ0n) is 7.74. The average Bonchev–Trinajstić information content (AvgIpc) is 2.15. The van der Waals surface area contributed by atoms with Crippen molar-refractivity contribution in [2.75, 3.05) is 13.2 Å². The van der Waals surface area contributed by atoms with Gasteiger partial charge in [0.1, 0.15) is 6.10 Å². The van der Waals surface area contributed by atoms with E-state index in [9.17, 15) is 4.79 Å². The number of carboxylic acid groups (broad SMARTS) is 1. The van der Waals surface area contributed by atoms with Crippen LogP contribution in [0.25, 0.3) is 0 Å². The molecular formula is C7H16O7. The lowest BCUT2D eigenvalue weighted by molar-refractivity contribution is -0.148. The Morgan fingerprint density at radius 2 is 1.57 bits per heavy atom. The van der Waals surface area contributed by atoms with E-state index in [4.69, 9.17) is 30.6 Å². The van der Waals surface area contributed by atoms with Crippen molar-refractivity contribution in [3.05, 3.63) is 0 Å². The summed E-state index contributed by atoms with van der Waals surface area (Å²) in [5.74, 6) is -1.40. The molecule has 0 rings (SSSR count). The Bertz CT molecular complexity index is 147. The van der Waals surface area contributed by atoms with Crippen molar-refractivity contribution in [1.29, 1.82) is 0 Å². The van der Waals surface area contributed by atoms with Crippen molar-refractivity contribution in [3.63, 3.8) is 0 Å². The first-order chi connectivity index (χ1) is 6.36. The quantitative estimate of drug-likeness (QED) is 0.295. The first-order valence-corrected chi connectivity index (χ1v) is 3.85. The van der Waals surface area contributed by atoms with Gasteiger partial charge in [0.2, 0.25) is 0 Å². The molecule has 0 aromatic carbocycles. The van der Waals surface area contributed by atoms with Gasteiger partial charge in [-0.25, -0.2) is 4.79 Å². The smallest absolute Gasteiger partial charge is 0.334 e. The standard InChI is InChI=1S/C4H10O3.C3H6O4/c1-3(6)4(7)2-5;4-1-2(5)3(6)7/h3-7H,2H2,1H3;2,4-5H,1H2,(H,6,7). The van der Waals surface area contributed by atoms with Crippen LogP contribution in [0.4, 0.5) is 0 Å². The number of carbonyl (C=O) groups is 1. The fourth-order valence-electron chi connectivity index (χ4n) is 0.231. The third-order valence-electron chi connectivity index (χ3n) is 1.20. The maximum atomic E-state index is 9.52. The molecule has 0 aromatic rings. The van der Waals surface area contributed by atoms with Gasteiger partial charge in [-0.1, -0.05) is 0 Å². The molecule has 0 spiro atoms. The molecule has 6 N–H and O–H groups in total. The van der Waals surface area contributed by atoms with Gasteiger partial charge in [0.15, 0.2) is 6.10 Å². The van der Waals surface area contributed by atoms with Gasteiger partial charge in [-0.2, -0.15) is 0 Å². The molecule has 3 atom stereocenters. The molecule has 3 unspecified atom stereocenters. The monoisotopic (exact) mass is 212 g/mol. The summed E-state index contributed by atoms with van der Waals surface area (Å²) in [5.41, 5.74) is 0. The van der Waals surface area contributed by atoms with Gasteiger partial charge in [-0.3, -0.25) is 0 Å². The van der Waals surface area contributed by atoms with Crippen LogP contribution in [0.2, 0.25) is 0 Å². The molecule has 0 aromatic heterocycles. The van der Waals surface area contributed by atoms with E-state index in [1.54, 1.807) is 0 Å². The second-order valence-electron chi connectivity index (χ2n) is 2.53. The average molecular weight is 212 g/mol. The normalized spacial score (nSPS) is 16.1. The topological polar surface area (TPSA) is 138 Å². The first kappa shape index (κ1) is 15.7. The first-order valence-electron chi connectivity index (χ1n) is 3.85. The molecule has 14 heavy (non-hydrogen) atoms. The summed E-state index contributed by atoms with van der Waals surface area (Å²) in [4.78, 5) is 9.52. The molecule has 0 amide bonds. The maximum Gasteiger partial charge on any atom is 0.334 e. The zero-order valence-corrected chi connectivity index (χ0v) is 7.74. The lowest BCUT2D eigenvalue weighted by atomic mass is 10.2. The number of aliphatic carboxylic acids is 1. The third kappa shape index (κ3) is 9.36. The molecule has 0 aliphatic rings. The van der Waals surface area contributed by atoms with Gasteiger partial charge in [0, 0.05) is 0 Å². The maximum absolute atomic E-state index is 9.52. The van der Waals surface area contributed by atoms with Crippen LogP contribution in [-0.2, 0) is 4.79 Å². The van der Waals surface area contributed by atoms with Crippen molar-refractivity contribution < 1.29 is 35.4 Å². The molecular weight excluding hydrogens is 196 g/mol. The summed E-state index contributed by atoms with van der Waals surface area (Å²) in [5, 5.41) is 48.7. The summed E-state index contributed by atoms with van der Waals surface area (Å²) >= 11 is 0. The second kappa shape index (κ2) is 8.85. The summed E-state index contributed by atoms with van der Waals surface area (Å²) in [6, 6.07) is 0. The second-order valence-corrected chi connectivity index (χ2v) is 2.53. The number of aliphatic hydroxyl groups is 5. The Morgan fingerprint density at radius 1 is 1.14 bits per heavy atom. The highest BCUT2D eigenvalue weighted by atomic mass is 16.4. The highest BCUT2D eigenvalue weighted by Crippen LogP contribution is 1.87. The molecule has 0 radical (unpaired) electrons. The van der Waals surface area contributed by atoms with E-state index in [0.717, 1.165) is 0 Å². The van der Waals surface area contributed by atoms with Crippen LogP contribution in [0.1, 0.15) is 6.92 Å². The van der Waals surface area contributed by atoms with E-state index in [-0.39, 0.29) is 6.61 Å². The number of aliphatic hydroxyl groups excluding tert-OH is 5. The van der Waals surface area contributed by atoms with Crippen LogP contribution < -0.4 is 0 Å². The van der Waals surface area contributed by atoms with E-state index in [1.165, 1.54) is 6.92 Å². The Labute approximate surface area is 80.9 Å². The van der Waals surface area contributed by atoms with Gasteiger partial charge in [-0.05, 0) is 6.92 Å². The molecule has 0 aliphatic heterocycles. The lowest BCUT2D eigenvalue weighted by Gasteiger charge is -2.07. The van der Waals surface area contributed by atoms with E-state index >= 15 is 0 Å². The fraction of sp³-hybridized carbons (Fsp3) is 0.857. The molecule has 0 saturated carbocycles. The molecule has 7 nitrogen and oxygen atoms in total. The van der Waals surface area contributed by atoms with Crippen LogP contribution >= 0.6 is 0 Å². The SMILES string of the molecule is CC(O)C(O)CO.O=C(O)C(O)CO. The largest absolute Gasteiger partial charge is 0.479 e. The van der Waals surface area contributed by atoms with Crippen molar-refractivity contribution in [3.8, 4) is 0 Å². The number of hydrogen-bond donors (Lipinski definition) is 6. The molecule has 0 fully saturated rings. The predicted molar refractivity (Wildman–Crippen MR) is 45.5 cm³/mol. The Morgan fingerprint density at radius 3 is 1.57 bits per heavy atom. The van der Waals surface area contributed by atoms with Gasteiger partial charge in [-0.15, -0.1) is 0 Å². The van der Waals surface area contributed by atoms with Crippen molar-refractivity contribution in [2.24, 2.45) is 0 Å². The minimum Gasteiger partial charge on any atom is -0.479 e. The van der Waals surface area contributed by atoms with Gasteiger partial charge in [0.25, 0.3) is 0 Å². The van der Waals surface area contributed by atoms with Crippen molar-refractivity contribution >= 4 is 5.97 Å². The number of carboxylic acids is 1. The fourth-order valence-corrected chi connectivity index (χ4v) is 0.231. The summed E-state index contributed by atoms with van der Waals surface area (Å²) in [6.45, 7) is 0.313. The molecule has 0 heterocycles. The number of rotatable bonds is 4. The summed E-state index contributed by atoms with van der Waals surface area (Å²) < 4.78 is 0. The minimum atomic E-state index is -1.63. The van der Waals surface area contributed by atoms with Crippen LogP contribution in [0.5, 0.6) is 0 Å². The van der Waals surface area contributed by atoms with Crippen LogP contribution in [0.15, 0.2) is 0 Å². The predicted octanol–water partition coefficient (Wildman–Crippen LogP) is -2.86. The van der Waals surface area contributed by atoms with E-state index in [1.807, 2.05) is 0 Å². The molecule has 0 bridgehead atoms. The van der Waals surface area contributed by atoms with Crippen LogP contribution in [0, 0.1) is 0 Å². The Hall–Kier alpha value is -0.730. The van der Waals surface area contributed by atoms with E-state index in [2.05, 4.69) is 0 Å². The molecule has 0 aliphatic carbocycles. The van der Waals surface area contributed by atoms with Gasteiger partial charge in [0.05, 0.1) is 19.3 Å². The summed E-state index contributed by atoms with van der Waals surface area (Å²) in [7, 11) is 0. The zero-order chi connectivity index (χ0) is 11.7. The molecule has 7 heteroatoms. The van der Waals surface area contributed by atoms with Crippen molar-refractivity contribution in [2.45, 2.75) is 25.2 Å². The van der Waals surface area contributed by atoms with E-state index in [0.29, 0.717) is 0 Å². The lowest BCUT2D eigenvalue weighted by Crippen LogP contribution is -2.25. The highest BCUT2D eigenvalue weighted by molar-refractivity contribution is 5.71. The van der Waals surface area contributed by atoms with Crippen LogP contribution in [-0.4, -0.2) is 68.1 Å². The third-order valence-corrected chi connectivity index (χ3v) is 1.20. The Kier molecular flexibility index (Phi) is 9.94. The Balaban J connectivity index is 0. The molecule has 0 saturated heterocycles. The highest BCUT2D eigenvalue weighted by Gasteiger charge is 2.09. The molecule has 86 valence electrons. The van der Waals surface area contributed by atoms with E-state index < -0.39 is 30.9 Å². The minimum absolute atomic E-state index is 0.377. The van der Waals surface area contributed by atoms with Crippen molar-refractivity contribution in [1.82, 2.24) is 0 Å². The van der Waals surface area contributed by atoms with Crippen LogP contribution in [0.3, 0.4) is 0 Å². The van der Waals surface area contributed by atoms with Gasteiger partial charge >= 0.3 is 5.97 Å². The number of hydrogen-bond acceptors (Lipinski definition) is 6.